The van der Waals surface area contributed by atoms with E-state index in [2.05, 4.69) is 33.9 Å². The van der Waals surface area contributed by atoms with Gasteiger partial charge in [0.15, 0.2) is 0 Å². The quantitative estimate of drug-likeness (QED) is 0.589. The number of hydrogen-bond acceptors (Lipinski definition) is 4. The van der Waals surface area contributed by atoms with E-state index >= 15 is 0 Å². The molecule has 0 radical (unpaired) electrons. The normalized spacial score (nSPS) is 10.2. The van der Waals surface area contributed by atoms with Gasteiger partial charge in [0.25, 0.3) is 5.91 Å². The van der Waals surface area contributed by atoms with Crippen molar-refractivity contribution in [2.75, 3.05) is 16.0 Å². The molecule has 3 aromatic rings. The molecule has 1 heterocycles. The molecule has 3 rings (SSSR count). The van der Waals surface area contributed by atoms with Crippen molar-refractivity contribution in [1.82, 2.24) is 4.98 Å². The zero-order chi connectivity index (χ0) is 19.9. The van der Waals surface area contributed by atoms with E-state index in [0.29, 0.717) is 17.1 Å². The highest BCUT2D eigenvalue weighted by Gasteiger charge is 2.09. The average Bonchev–Trinajstić information content (AvgIpc) is 2.68. The zero-order valence-electron chi connectivity index (χ0n) is 15.8. The van der Waals surface area contributed by atoms with Crippen LogP contribution in [0.2, 0.25) is 0 Å². The van der Waals surface area contributed by atoms with Crippen LogP contribution in [0, 0.1) is 0 Å². The molecule has 0 spiro atoms. The van der Waals surface area contributed by atoms with E-state index in [1.165, 1.54) is 12.5 Å². The Kier molecular flexibility index (Phi) is 6.01. The topological polar surface area (TPSA) is 83.1 Å². The van der Waals surface area contributed by atoms with Gasteiger partial charge in [-0.05, 0) is 48.4 Å². The van der Waals surface area contributed by atoms with Gasteiger partial charge in [-0.25, -0.2) is 4.98 Å². The van der Waals surface area contributed by atoms with Crippen molar-refractivity contribution in [2.24, 2.45) is 0 Å². The lowest BCUT2D eigenvalue weighted by Gasteiger charge is -2.11. The molecule has 6 nitrogen and oxygen atoms in total. The number of para-hydroxylation sites is 1. The molecule has 28 heavy (non-hydrogen) atoms. The molecule has 0 saturated heterocycles. The standard InChI is InChI=1S/C22H22N4O2/c1-3-16-7-4-5-10-20(16)25-19-11-12-21(23-14-19)22(28)26-18-9-6-8-17(13-18)24-15(2)27/h4-14,25H,3H2,1-2H3,(H,24,27)(H,26,28). The summed E-state index contributed by atoms with van der Waals surface area (Å²) < 4.78 is 0. The number of carbonyl (C=O) groups excluding carboxylic acids is 2. The highest BCUT2D eigenvalue weighted by molar-refractivity contribution is 6.03. The minimum Gasteiger partial charge on any atom is -0.354 e. The van der Waals surface area contributed by atoms with Crippen molar-refractivity contribution in [3.05, 3.63) is 78.1 Å². The van der Waals surface area contributed by atoms with Gasteiger partial charge in [0.1, 0.15) is 5.69 Å². The Morgan fingerprint density at radius 2 is 1.64 bits per heavy atom. The number of anilines is 4. The van der Waals surface area contributed by atoms with Crippen LogP contribution >= 0.6 is 0 Å². The summed E-state index contributed by atoms with van der Waals surface area (Å²) in [7, 11) is 0. The van der Waals surface area contributed by atoms with Gasteiger partial charge >= 0.3 is 0 Å². The summed E-state index contributed by atoms with van der Waals surface area (Å²) in [5.74, 6) is -0.488. The fraction of sp³-hybridized carbons (Fsp3) is 0.136. The first-order chi connectivity index (χ1) is 13.5. The summed E-state index contributed by atoms with van der Waals surface area (Å²) in [5, 5.41) is 8.80. The fourth-order valence-electron chi connectivity index (χ4n) is 2.78. The summed E-state index contributed by atoms with van der Waals surface area (Å²) in [6.45, 7) is 3.54. The van der Waals surface area contributed by atoms with Gasteiger partial charge in [0.05, 0.1) is 11.9 Å². The van der Waals surface area contributed by atoms with Crippen LogP contribution in [0.1, 0.15) is 29.9 Å². The average molecular weight is 374 g/mol. The zero-order valence-corrected chi connectivity index (χ0v) is 15.8. The number of pyridine rings is 1. The molecule has 1 aromatic heterocycles. The Hall–Kier alpha value is -3.67. The third-order valence-corrected chi connectivity index (χ3v) is 4.11. The SMILES string of the molecule is CCc1ccccc1Nc1ccc(C(=O)Nc2cccc(NC(C)=O)c2)nc1. The molecule has 0 atom stereocenters. The van der Waals surface area contributed by atoms with Crippen LogP contribution in [0.3, 0.4) is 0 Å². The van der Waals surface area contributed by atoms with E-state index in [4.69, 9.17) is 0 Å². The third-order valence-electron chi connectivity index (χ3n) is 4.11. The summed E-state index contributed by atoms with van der Waals surface area (Å²) >= 11 is 0. The van der Waals surface area contributed by atoms with Crippen molar-refractivity contribution in [3.63, 3.8) is 0 Å². The number of nitrogens with one attached hydrogen (secondary N) is 3. The van der Waals surface area contributed by atoms with E-state index in [0.717, 1.165) is 17.8 Å². The van der Waals surface area contributed by atoms with Gasteiger partial charge in [0.2, 0.25) is 5.91 Å². The minimum absolute atomic E-state index is 0.169. The summed E-state index contributed by atoms with van der Waals surface area (Å²) in [4.78, 5) is 27.8. The molecular formula is C22H22N4O2. The van der Waals surface area contributed by atoms with E-state index in [1.807, 2.05) is 24.3 Å². The van der Waals surface area contributed by atoms with Gasteiger partial charge in [-0.2, -0.15) is 0 Å². The van der Waals surface area contributed by atoms with E-state index < -0.39 is 0 Å². The van der Waals surface area contributed by atoms with Crippen LogP contribution in [0.25, 0.3) is 0 Å². The maximum atomic E-state index is 12.4. The van der Waals surface area contributed by atoms with Gasteiger partial charge in [-0.15, -0.1) is 0 Å². The predicted octanol–water partition coefficient (Wildman–Crippen LogP) is 4.60. The number of rotatable bonds is 6. The Morgan fingerprint density at radius 3 is 2.32 bits per heavy atom. The molecule has 0 unspecified atom stereocenters. The van der Waals surface area contributed by atoms with Gasteiger partial charge < -0.3 is 16.0 Å². The molecule has 2 aromatic carbocycles. The molecule has 0 bridgehead atoms. The van der Waals surface area contributed by atoms with Gasteiger partial charge in [0, 0.05) is 24.0 Å². The number of nitrogens with zero attached hydrogens (tertiary/aromatic N) is 1. The Balaban J connectivity index is 1.68. The summed E-state index contributed by atoms with van der Waals surface area (Å²) in [6, 6.07) is 18.5. The molecule has 2 amide bonds. The van der Waals surface area contributed by atoms with Crippen molar-refractivity contribution in [3.8, 4) is 0 Å². The monoisotopic (exact) mass is 374 g/mol. The van der Waals surface area contributed by atoms with Crippen LogP contribution in [0.15, 0.2) is 66.9 Å². The Morgan fingerprint density at radius 1 is 0.893 bits per heavy atom. The second-order valence-corrected chi connectivity index (χ2v) is 6.28. The summed E-state index contributed by atoms with van der Waals surface area (Å²) in [5.41, 5.74) is 4.55. The van der Waals surface area contributed by atoms with Crippen LogP contribution in [0.4, 0.5) is 22.7 Å². The lowest BCUT2D eigenvalue weighted by atomic mass is 10.1. The Bertz CT molecular complexity index is 984. The molecule has 0 aliphatic rings. The minimum atomic E-state index is -0.319. The highest BCUT2D eigenvalue weighted by atomic mass is 16.2. The van der Waals surface area contributed by atoms with Crippen LogP contribution in [0.5, 0.6) is 0 Å². The van der Waals surface area contributed by atoms with Crippen molar-refractivity contribution in [1.29, 1.82) is 0 Å². The first kappa shape index (κ1) is 19.1. The number of benzene rings is 2. The second kappa shape index (κ2) is 8.81. The van der Waals surface area contributed by atoms with Crippen molar-refractivity contribution in [2.45, 2.75) is 20.3 Å². The van der Waals surface area contributed by atoms with Crippen molar-refractivity contribution >= 4 is 34.6 Å². The fourth-order valence-corrected chi connectivity index (χ4v) is 2.78. The molecule has 0 aliphatic heterocycles. The number of hydrogen-bond donors (Lipinski definition) is 3. The first-order valence-corrected chi connectivity index (χ1v) is 9.05. The number of aryl methyl sites for hydroxylation is 1. The molecule has 0 fully saturated rings. The van der Waals surface area contributed by atoms with Gasteiger partial charge in [-0.1, -0.05) is 31.2 Å². The lowest BCUT2D eigenvalue weighted by Crippen LogP contribution is -2.14. The maximum Gasteiger partial charge on any atom is 0.274 e. The Labute approximate surface area is 164 Å². The molecule has 0 saturated carbocycles. The van der Waals surface area contributed by atoms with Crippen LogP contribution in [-0.4, -0.2) is 16.8 Å². The molecule has 3 N–H and O–H groups in total. The maximum absolute atomic E-state index is 12.4. The molecule has 142 valence electrons. The third kappa shape index (κ3) is 4.94. The van der Waals surface area contributed by atoms with Crippen molar-refractivity contribution < 1.29 is 9.59 Å². The predicted molar refractivity (Wildman–Crippen MR) is 112 cm³/mol. The second-order valence-electron chi connectivity index (χ2n) is 6.28. The lowest BCUT2D eigenvalue weighted by molar-refractivity contribution is -0.114. The molecule has 0 aliphatic carbocycles. The van der Waals surface area contributed by atoms with Gasteiger partial charge in [-0.3, -0.25) is 9.59 Å². The highest BCUT2D eigenvalue weighted by Crippen LogP contribution is 2.21. The first-order valence-electron chi connectivity index (χ1n) is 9.05. The number of aromatic nitrogens is 1. The van der Waals surface area contributed by atoms with Crippen LogP contribution < -0.4 is 16.0 Å². The van der Waals surface area contributed by atoms with Crippen LogP contribution in [-0.2, 0) is 11.2 Å². The largest absolute Gasteiger partial charge is 0.354 e. The summed E-state index contributed by atoms with van der Waals surface area (Å²) in [6.07, 6.45) is 2.56. The van der Waals surface area contributed by atoms with E-state index in [1.54, 1.807) is 36.5 Å². The molecule has 6 heteroatoms. The number of amides is 2. The van der Waals surface area contributed by atoms with E-state index in [9.17, 15) is 9.59 Å². The molecular weight excluding hydrogens is 352 g/mol. The number of carbonyl (C=O) groups is 2. The smallest absolute Gasteiger partial charge is 0.274 e. The van der Waals surface area contributed by atoms with E-state index in [-0.39, 0.29) is 11.8 Å².